The number of nitrogens with one attached hydrogen (secondary N) is 2. The minimum absolute atomic E-state index is 0.159. The van der Waals surface area contributed by atoms with Gasteiger partial charge in [0.15, 0.2) is 13.2 Å². The van der Waals surface area contributed by atoms with Crippen LogP contribution < -0.4 is 31.6 Å². The molecule has 8 heteroatoms. The Morgan fingerprint density at radius 3 is 1.44 bits per heavy atom. The molecule has 0 bridgehead atoms. The number of hydrogen-bond acceptors (Lipinski definition) is 6. The number of amides is 2. The van der Waals surface area contributed by atoms with Crippen LogP contribution in [-0.4, -0.2) is 51.2 Å². The molecule has 6 N–H and O–H groups in total. The van der Waals surface area contributed by atoms with E-state index in [-0.39, 0.29) is 25.0 Å². The van der Waals surface area contributed by atoms with Crippen molar-refractivity contribution in [1.82, 2.24) is 10.6 Å². The predicted molar refractivity (Wildman–Crippen MR) is 142 cm³/mol. The van der Waals surface area contributed by atoms with Gasteiger partial charge in [-0.1, -0.05) is 60.7 Å². The molecule has 4 aromatic carbocycles. The van der Waals surface area contributed by atoms with Gasteiger partial charge in [-0.05, 0) is 33.7 Å². The number of fused-ring (bicyclic) bond motifs is 2. The molecule has 4 aromatic rings. The van der Waals surface area contributed by atoms with Crippen LogP contribution in [0.5, 0.6) is 11.5 Å². The summed E-state index contributed by atoms with van der Waals surface area (Å²) in [4.78, 5) is 24.5. The molecule has 0 aliphatic heterocycles. The molecular weight excluding hydrogens is 456 g/mol. The molecular formula is C28H30N4O4. The fourth-order valence-electron chi connectivity index (χ4n) is 4.07. The summed E-state index contributed by atoms with van der Waals surface area (Å²) in [6, 6.07) is 23.5. The zero-order valence-corrected chi connectivity index (χ0v) is 20.0. The predicted octanol–water partition coefficient (Wildman–Crippen LogP) is 2.57. The summed E-state index contributed by atoms with van der Waals surface area (Å²) in [7, 11) is 0. The van der Waals surface area contributed by atoms with Crippen molar-refractivity contribution in [1.29, 1.82) is 0 Å². The molecule has 186 valence electrons. The zero-order chi connectivity index (χ0) is 25.3. The van der Waals surface area contributed by atoms with E-state index >= 15 is 0 Å². The lowest BCUT2D eigenvalue weighted by Crippen LogP contribution is -2.33. The van der Waals surface area contributed by atoms with E-state index in [1.165, 1.54) is 0 Å². The van der Waals surface area contributed by atoms with Gasteiger partial charge in [0.25, 0.3) is 11.8 Å². The van der Waals surface area contributed by atoms with Gasteiger partial charge in [-0.2, -0.15) is 0 Å². The minimum atomic E-state index is -0.259. The van der Waals surface area contributed by atoms with Crippen molar-refractivity contribution >= 4 is 33.4 Å². The topological polar surface area (TPSA) is 129 Å². The van der Waals surface area contributed by atoms with Crippen molar-refractivity contribution in [2.24, 2.45) is 11.5 Å². The van der Waals surface area contributed by atoms with Crippen LogP contribution in [0.3, 0.4) is 0 Å². The highest BCUT2D eigenvalue weighted by Crippen LogP contribution is 2.45. The maximum atomic E-state index is 12.3. The van der Waals surface area contributed by atoms with Crippen molar-refractivity contribution in [3.63, 3.8) is 0 Å². The molecule has 0 unspecified atom stereocenters. The maximum absolute atomic E-state index is 12.3. The van der Waals surface area contributed by atoms with Gasteiger partial charge in [0, 0.05) is 37.3 Å². The summed E-state index contributed by atoms with van der Waals surface area (Å²) in [5.41, 5.74) is 12.5. The quantitative estimate of drug-likeness (QED) is 0.258. The Hall–Kier alpha value is -4.14. The molecule has 0 aromatic heterocycles. The van der Waals surface area contributed by atoms with E-state index in [0.717, 1.165) is 32.7 Å². The van der Waals surface area contributed by atoms with E-state index in [1.807, 2.05) is 72.8 Å². The van der Waals surface area contributed by atoms with Crippen molar-refractivity contribution < 1.29 is 19.1 Å². The van der Waals surface area contributed by atoms with E-state index in [1.54, 1.807) is 0 Å². The molecule has 0 aliphatic rings. The minimum Gasteiger partial charge on any atom is -0.483 e. The third-order valence-corrected chi connectivity index (χ3v) is 5.68. The van der Waals surface area contributed by atoms with E-state index < -0.39 is 0 Å². The fourth-order valence-corrected chi connectivity index (χ4v) is 4.07. The summed E-state index contributed by atoms with van der Waals surface area (Å²) in [5.74, 6) is 0.548. The molecule has 8 nitrogen and oxygen atoms in total. The zero-order valence-electron chi connectivity index (χ0n) is 20.0. The second-order valence-electron chi connectivity index (χ2n) is 8.17. The highest BCUT2D eigenvalue weighted by molar-refractivity contribution is 6.09. The first-order valence-corrected chi connectivity index (χ1v) is 11.9. The number of nitrogens with two attached hydrogens (primary N) is 2. The molecule has 0 saturated heterocycles. The Labute approximate surface area is 209 Å². The van der Waals surface area contributed by atoms with Crippen LogP contribution in [0, 0.1) is 0 Å². The Morgan fingerprint density at radius 2 is 1.03 bits per heavy atom. The van der Waals surface area contributed by atoms with E-state index in [9.17, 15) is 9.59 Å². The van der Waals surface area contributed by atoms with Gasteiger partial charge < -0.3 is 31.6 Å². The lowest BCUT2D eigenvalue weighted by atomic mass is 9.92. The van der Waals surface area contributed by atoms with Crippen LogP contribution in [-0.2, 0) is 9.59 Å². The standard InChI is InChI=1S/C28H30N4O4/c29-13-15-31-25(33)17-35-23-11-9-19-5-1-3-7-21(19)27(23)28-22-8-4-2-6-20(22)10-12-24(28)36-18-26(34)32-16-14-30/h1-12H,13-18,29-30H2,(H,31,33)(H,32,34). The number of carbonyl (C=O) groups excluding carboxylic acids is 2. The Morgan fingerprint density at radius 1 is 0.611 bits per heavy atom. The number of rotatable bonds is 11. The van der Waals surface area contributed by atoms with Crippen molar-refractivity contribution in [3.05, 3.63) is 72.8 Å². The molecule has 0 fully saturated rings. The highest BCUT2D eigenvalue weighted by atomic mass is 16.5. The van der Waals surface area contributed by atoms with E-state index in [2.05, 4.69) is 10.6 Å². The van der Waals surface area contributed by atoms with Gasteiger partial charge in [-0.15, -0.1) is 0 Å². The van der Waals surface area contributed by atoms with E-state index in [0.29, 0.717) is 37.7 Å². The maximum Gasteiger partial charge on any atom is 0.257 e. The Bertz CT molecular complexity index is 1270. The van der Waals surface area contributed by atoms with Crippen LogP contribution >= 0.6 is 0 Å². The Kier molecular flexibility index (Phi) is 8.33. The van der Waals surface area contributed by atoms with Gasteiger partial charge in [0.2, 0.25) is 0 Å². The average molecular weight is 487 g/mol. The fraction of sp³-hybridized carbons (Fsp3) is 0.214. The molecule has 0 atom stereocenters. The van der Waals surface area contributed by atoms with Gasteiger partial charge in [0.1, 0.15) is 11.5 Å². The summed E-state index contributed by atoms with van der Waals surface area (Å²) < 4.78 is 12.1. The first-order valence-electron chi connectivity index (χ1n) is 11.9. The third kappa shape index (κ3) is 5.73. The van der Waals surface area contributed by atoms with Crippen LogP contribution in [0.1, 0.15) is 0 Å². The molecule has 0 saturated carbocycles. The van der Waals surface area contributed by atoms with Crippen LogP contribution in [0.2, 0.25) is 0 Å². The number of hydrogen-bond donors (Lipinski definition) is 4. The highest BCUT2D eigenvalue weighted by Gasteiger charge is 2.20. The van der Waals surface area contributed by atoms with Crippen molar-refractivity contribution in [3.8, 4) is 22.6 Å². The molecule has 36 heavy (non-hydrogen) atoms. The molecule has 0 aliphatic carbocycles. The SMILES string of the molecule is NCCNC(=O)COc1ccc2ccccc2c1-c1c(OCC(=O)NCCN)ccc2ccccc12. The number of ether oxygens (including phenoxy) is 2. The van der Waals surface area contributed by atoms with Crippen LogP contribution in [0.4, 0.5) is 0 Å². The van der Waals surface area contributed by atoms with Gasteiger partial charge in [-0.3, -0.25) is 9.59 Å². The number of benzene rings is 4. The van der Waals surface area contributed by atoms with Crippen LogP contribution in [0.25, 0.3) is 32.7 Å². The smallest absolute Gasteiger partial charge is 0.257 e. The van der Waals surface area contributed by atoms with E-state index in [4.69, 9.17) is 20.9 Å². The second-order valence-corrected chi connectivity index (χ2v) is 8.17. The summed E-state index contributed by atoms with van der Waals surface area (Å²) in [6.45, 7) is 1.13. The van der Waals surface area contributed by atoms with Crippen molar-refractivity contribution in [2.45, 2.75) is 0 Å². The van der Waals surface area contributed by atoms with Gasteiger partial charge >= 0.3 is 0 Å². The lowest BCUT2D eigenvalue weighted by Gasteiger charge is -2.19. The summed E-state index contributed by atoms with van der Waals surface area (Å²) in [5, 5.41) is 9.33. The average Bonchev–Trinajstić information content (AvgIpc) is 2.92. The molecule has 0 heterocycles. The Balaban J connectivity index is 1.83. The first kappa shape index (κ1) is 25.0. The lowest BCUT2D eigenvalue weighted by molar-refractivity contribution is -0.123. The normalized spacial score (nSPS) is 10.8. The largest absolute Gasteiger partial charge is 0.483 e. The molecule has 4 rings (SSSR count). The van der Waals surface area contributed by atoms with Gasteiger partial charge in [0.05, 0.1) is 0 Å². The molecule has 0 radical (unpaired) electrons. The second kappa shape index (κ2) is 12.0. The summed E-state index contributed by atoms with van der Waals surface area (Å²) in [6.07, 6.45) is 0. The molecule has 2 amide bonds. The summed E-state index contributed by atoms with van der Waals surface area (Å²) >= 11 is 0. The number of carbonyl (C=O) groups is 2. The monoisotopic (exact) mass is 486 g/mol. The molecule has 0 spiro atoms. The van der Waals surface area contributed by atoms with Crippen LogP contribution in [0.15, 0.2) is 72.8 Å². The first-order chi connectivity index (χ1) is 17.6. The van der Waals surface area contributed by atoms with Crippen molar-refractivity contribution in [2.75, 3.05) is 39.4 Å². The third-order valence-electron chi connectivity index (χ3n) is 5.68. The van der Waals surface area contributed by atoms with Gasteiger partial charge in [-0.25, -0.2) is 0 Å².